The minimum Gasteiger partial charge on any atom is -1.00 e. The maximum Gasteiger partial charge on any atom is 1.00 e. The first-order valence-corrected chi connectivity index (χ1v) is 5.33. The van der Waals surface area contributed by atoms with Gasteiger partial charge in [-0.05, 0) is 34.0 Å². The first-order chi connectivity index (χ1) is 7.75. The van der Waals surface area contributed by atoms with Crippen LogP contribution in [0.3, 0.4) is 0 Å². The van der Waals surface area contributed by atoms with Crippen LogP contribution < -0.4 is 59.1 Å². The average Bonchev–Trinajstić information content (AvgIpc) is 2.32. The van der Waals surface area contributed by atoms with Crippen molar-refractivity contribution in [2.24, 2.45) is 0 Å². The summed E-state index contributed by atoms with van der Waals surface area (Å²) < 4.78 is 0. The molecule has 0 spiro atoms. The van der Waals surface area contributed by atoms with E-state index in [0.717, 1.165) is 21.9 Å². The van der Waals surface area contributed by atoms with Gasteiger partial charge in [0.05, 0.1) is 0 Å². The quantitative estimate of drug-likeness (QED) is 0.483. The molecule has 0 aliphatic heterocycles. The standard InChI is InChI=1S/C14H12O2.2Na.2H/c15-13-6-5-11-7-9-3-1-2-4-10(9)8-12(11)14(13)16;;;;/h1-8,13-16H;;;;/q;2*+1;2*-1. The van der Waals surface area contributed by atoms with E-state index in [4.69, 9.17) is 0 Å². The molecule has 2 aromatic rings. The topological polar surface area (TPSA) is 40.5 Å². The predicted octanol–water partition coefficient (Wildman–Crippen LogP) is -3.51. The molecule has 1 aliphatic carbocycles. The Balaban J connectivity index is 0. The van der Waals surface area contributed by atoms with E-state index in [-0.39, 0.29) is 62.0 Å². The molecule has 0 amide bonds. The molecule has 0 heterocycles. The third kappa shape index (κ3) is 2.92. The van der Waals surface area contributed by atoms with Gasteiger partial charge in [0.1, 0.15) is 12.2 Å². The van der Waals surface area contributed by atoms with Gasteiger partial charge in [-0.25, -0.2) is 0 Å². The summed E-state index contributed by atoms with van der Waals surface area (Å²) in [4.78, 5) is 0. The summed E-state index contributed by atoms with van der Waals surface area (Å²) in [6.07, 6.45) is 1.87. The van der Waals surface area contributed by atoms with E-state index in [1.54, 1.807) is 6.08 Å². The van der Waals surface area contributed by atoms with Gasteiger partial charge in [-0.3, -0.25) is 0 Å². The summed E-state index contributed by atoms with van der Waals surface area (Å²) >= 11 is 0. The van der Waals surface area contributed by atoms with Gasteiger partial charge in [0, 0.05) is 0 Å². The van der Waals surface area contributed by atoms with E-state index in [0.29, 0.717) is 0 Å². The normalized spacial score (nSPS) is 20.8. The van der Waals surface area contributed by atoms with Crippen LogP contribution in [-0.4, -0.2) is 16.3 Å². The van der Waals surface area contributed by atoms with Gasteiger partial charge in [0.15, 0.2) is 0 Å². The largest absolute Gasteiger partial charge is 1.00 e. The number of hydrogen-bond acceptors (Lipinski definition) is 2. The third-order valence-corrected chi connectivity index (χ3v) is 3.07. The first kappa shape index (κ1) is 16.4. The molecule has 2 atom stereocenters. The summed E-state index contributed by atoms with van der Waals surface area (Å²) in [5, 5.41) is 21.7. The summed E-state index contributed by atoms with van der Waals surface area (Å²) in [6, 6.07) is 12.0. The van der Waals surface area contributed by atoms with Crippen molar-refractivity contribution in [3.8, 4) is 0 Å². The zero-order chi connectivity index (χ0) is 11.1. The number of rotatable bonds is 0. The van der Waals surface area contributed by atoms with Crippen molar-refractivity contribution in [2.75, 3.05) is 0 Å². The molecule has 0 fully saturated rings. The van der Waals surface area contributed by atoms with E-state index in [2.05, 4.69) is 0 Å². The van der Waals surface area contributed by atoms with Crippen molar-refractivity contribution in [1.29, 1.82) is 0 Å². The summed E-state index contributed by atoms with van der Waals surface area (Å²) in [6.45, 7) is 0. The number of benzene rings is 2. The summed E-state index contributed by atoms with van der Waals surface area (Å²) in [5.74, 6) is 0. The van der Waals surface area contributed by atoms with Crippen molar-refractivity contribution in [1.82, 2.24) is 0 Å². The van der Waals surface area contributed by atoms with Gasteiger partial charge >= 0.3 is 59.1 Å². The predicted molar refractivity (Wildman–Crippen MR) is 66.2 cm³/mol. The van der Waals surface area contributed by atoms with Gasteiger partial charge in [-0.2, -0.15) is 0 Å². The van der Waals surface area contributed by atoms with Crippen LogP contribution in [0.5, 0.6) is 0 Å². The Hall–Kier alpha value is 0.360. The third-order valence-electron chi connectivity index (χ3n) is 3.07. The molecule has 2 unspecified atom stereocenters. The van der Waals surface area contributed by atoms with Crippen LogP contribution in [0.15, 0.2) is 42.5 Å². The molecule has 0 bridgehead atoms. The molecule has 1 aliphatic rings. The Kier molecular flexibility index (Phi) is 6.10. The van der Waals surface area contributed by atoms with Gasteiger partial charge in [-0.15, -0.1) is 0 Å². The fraction of sp³-hybridized carbons (Fsp3) is 0.143. The maximum absolute atomic E-state index is 9.89. The van der Waals surface area contributed by atoms with Gasteiger partial charge in [0.2, 0.25) is 0 Å². The van der Waals surface area contributed by atoms with Crippen LogP contribution in [0.4, 0.5) is 0 Å². The molecule has 4 heteroatoms. The summed E-state index contributed by atoms with van der Waals surface area (Å²) in [5.41, 5.74) is 1.78. The molecule has 2 nitrogen and oxygen atoms in total. The summed E-state index contributed by atoms with van der Waals surface area (Å²) in [7, 11) is 0. The van der Waals surface area contributed by atoms with Crippen molar-refractivity contribution in [2.45, 2.75) is 12.2 Å². The van der Waals surface area contributed by atoms with Crippen molar-refractivity contribution in [3.63, 3.8) is 0 Å². The number of aliphatic hydroxyl groups is 2. The minimum absolute atomic E-state index is 0. The Morgan fingerprint density at radius 3 is 2.22 bits per heavy atom. The Bertz CT molecular complexity index is 590. The SMILES string of the molecule is OC1C=Cc2cc3ccccc3cc2C1O.[H-].[H-].[Na+].[Na+]. The molecular weight excluding hydrogens is 246 g/mol. The van der Waals surface area contributed by atoms with E-state index in [9.17, 15) is 10.2 Å². The van der Waals surface area contributed by atoms with Crippen molar-refractivity contribution in [3.05, 3.63) is 53.6 Å². The van der Waals surface area contributed by atoms with Crippen molar-refractivity contribution < 1.29 is 72.2 Å². The maximum atomic E-state index is 9.89. The molecule has 0 radical (unpaired) electrons. The zero-order valence-electron chi connectivity index (χ0n) is 12.7. The molecule has 2 N–H and O–H groups in total. The molecule has 0 saturated heterocycles. The smallest absolute Gasteiger partial charge is 1.00 e. The van der Waals surface area contributed by atoms with Crippen LogP contribution in [0.25, 0.3) is 16.8 Å². The van der Waals surface area contributed by atoms with Crippen LogP contribution in [0, 0.1) is 0 Å². The second-order valence-corrected chi connectivity index (χ2v) is 4.12. The monoisotopic (exact) mass is 260 g/mol. The second kappa shape index (κ2) is 6.69. The van der Waals surface area contributed by atoms with E-state index >= 15 is 0 Å². The number of hydrogen-bond donors (Lipinski definition) is 2. The van der Waals surface area contributed by atoms with Gasteiger partial charge in [-0.1, -0.05) is 36.4 Å². The zero-order valence-corrected chi connectivity index (χ0v) is 14.7. The van der Waals surface area contributed by atoms with E-state index < -0.39 is 12.2 Å². The molecule has 18 heavy (non-hydrogen) atoms. The Labute approximate surface area is 153 Å². The van der Waals surface area contributed by atoms with Crippen LogP contribution in [0.2, 0.25) is 0 Å². The van der Waals surface area contributed by atoms with Crippen LogP contribution >= 0.6 is 0 Å². The average molecular weight is 260 g/mol. The first-order valence-electron chi connectivity index (χ1n) is 5.33. The van der Waals surface area contributed by atoms with Gasteiger partial charge < -0.3 is 13.1 Å². The molecule has 0 aromatic heterocycles. The fourth-order valence-corrected chi connectivity index (χ4v) is 2.17. The van der Waals surface area contributed by atoms with E-state index in [1.165, 1.54) is 0 Å². The Morgan fingerprint density at radius 2 is 1.56 bits per heavy atom. The van der Waals surface area contributed by atoms with Crippen LogP contribution in [-0.2, 0) is 0 Å². The minimum atomic E-state index is -0.815. The molecular formula is C14H14Na2O2. The number of fused-ring (bicyclic) bond motifs is 2. The molecule has 3 rings (SSSR count). The number of aliphatic hydroxyl groups excluding tert-OH is 2. The van der Waals surface area contributed by atoms with Crippen molar-refractivity contribution >= 4 is 16.8 Å². The van der Waals surface area contributed by atoms with Gasteiger partial charge in [0.25, 0.3) is 0 Å². The molecule has 0 saturated carbocycles. The molecule has 2 aromatic carbocycles. The molecule has 84 valence electrons. The Morgan fingerprint density at radius 1 is 0.944 bits per heavy atom. The van der Waals surface area contributed by atoms with Crippen LogP contribution in [0.1, 0.15) is 20.1 Å². The second-order valence-electron chi connectivity index (χ2n) is 4.12. The van der Waals surface area contributed by atoms with E-state index in [1.807, 2.05) is 42.5 Å². The fourth-order valence-electron chi connectivity index (χ4n) is 2.17.